The van der Waals surface area contributed by atoms with Gasteiger partial charge < -0.3 is 14.7 Å². The molecule has 19 heavy (non-hydrogen) atoms. The molecule has 0 spiro atoms. The van der Waals surface area contributed by atoms with Crippen LogP contribution in [0.3, 0.4) is 0 Å². The molecule has 0 aliphatic rings. The highest BCUT2D eigenvalue weighted by molar-refractivity contribution is 5.79. The first-order chi connectivity index (χ1) is 8.86. The van der Waals surface area contributed by atoms with Crippen LogP contribution in [-0.2, 0) is 23.0 Å². The molecule has 0 saturated heterocycles. The lowest BCUT2D eigenvalue weighted by Crippen LogP contribution is -2.37. The van der Waals surface area contributed by atoms with Crippen molar-refractivity contribution in [2.75, 3.05) is 27.3 Å². The molecular formula is C13H23N3O3. The number of ether oxygens (including phenoxy) is 1. The fourth-order valence-corrected chi connectivity index (χ4v) is 2.02. The van der Waals surface area contributed by atoms with Gasteiger partial charge in [-0.2, -0.15) is 5.10 Å². The molecule has 0 bridgehead atoms. The molecule has 0 radical (unpaired) electrons. The van der Waals surface area contributed by atoms with E-state index in [1.54, 1.807) is 11.7 Å². The van der Waals surface area contributed by atoms with Crippen molar-refractivity contribution in [3.05, 3.63) is 17.0 Å². The van der Waals surface area contributed by atoms with Gasteiger partial charge >= 0.3 is 0 Å². The van der Waals surface area contributed by atoms with E-state index < -0.39 is 6.10 Å². The minimum atomic E-state index is -0.657. The third-order valence-electron chi connectivity index (χ3n) is 3.26. The predicted octanol–water partition coefficient (Wildman–Crippen LogP) is 0.0451. The molecule has 6 heteroatoms. The summed E-state index contributed by atoms with van der Waals surface area (Å²) in [5.74, 6) is -0.0330. The van der Waals surface area contributed by atoms with Crippen molar-refractivity contribution >= 4 is 5.91 Å². The maximum Gasteiger partial charge on any atom is 0.226 e. The molecule has 6 nitrogen and oxygen atoms in total. The minimum absolute atomic E-state index is 0.0330. The van der Waals surface area contributed by atoms with Gasteiger partial charge in [0.1, 0.15) is 0 Å². The third kappa shape index (κ3) is 4.04. The average molecular weight is 269 g/mol. The zero-order valence-corrected chi connectivity index (χ0v) is 12.3. The molecule has 0 aliphatic carbocycles. The summed E-state index contributed by atoms with van der Waals surface area (Å²) in [6, 6.07) is 0. The first kappa shape index (κ1) is 15.7. The molecule has 1 amide bonds. The highest BCUT2D eigenvalue weighted by atomic mass is 16.5. The van der Waals surface area contributed by atoms with Gasteiger partial charge in [-0.15, -0.1) is 0 Å². The van der Waals surface area contributed by atoms with Crippen LogP contribution in [-0.4, -0.2) is 59.1 Å². The molecule has 1 heterocycles. The highest BCUT2D eigenvalue weighted by Crippen LogP contribution is 2.13. The second-order valence-electron chi connectivity index (χ2n) is 4.83. The van der Waals surface area contributed by atoms with E-state index in [1.165, 1.54) is 12.0 Å². The van der Waals surface area contributed by atoms with E-state index in [0.717, 1.165) is 17.0 Å². The standard InChI is InChI=1S/C13H23N3O3/c1-9-12(10(2)16(4)14-9)6-13(18)15(3)7-11(17)8-19-5/h11,17H,6-8H2,1-5H3. The van der Waals surface area contributed by atoms with Crippen molar-refractivity contribution < 1.29 is 14.6 Å². The number of aliphatic hydroxyl groups is 1. The van der Waals surface area contributed by atoms with Crippen LogP contribution in [0.25, 0.3) is 0 Å². The average Bonchev–Trinajstić information content (AvgIpc) is 2.56. The number of hydrogen-bond donors (Lipinski definition) is 1. The SMILES string of the molecule is COCC(O)CN(C)C(=O)Cc1c(C)nn(C)c1C. The lowest BCUT2D eigenvalue weighted by molar-refractivity contribution is -0.130. The molecule has 1 aromatic rings. The number of hydrogen-bond acceptors (Lipinski definition) is 4. The summed E-state index contributed by atoms with van der Waals surface area (Å²) in [7, 11) is 5.07. The summed E-state index contributed by atoms with van der Waals surface area (Å²) < 4.78 is 6.62. The number of likely N-dealkylation sites (N-methyl/N-ethyl adjacent to an activating group) is 1. The first-order valence-electron chi connectivity index (χ1n) is 6.26. The first-order valence-corrected chi connectivity index (χ1v) is 6.26. The summed E-state index contributed by atoms with van der Waals surface area (Å²) in [5, 5.41) is 13.9. The molecule has 1 atom stereocenters. The second kappa shape index (κ2) is 6.68. The Bertz CT molecular complexity index is 443. The Kier molecular flexibility index (Phi) is 5.50. The number of rotatable bonds is 6. The number of nitrogens with zero attached hydrogens (tertiary/aromatic N) is 3. The van der Waals surface area contributed by atoms with Crippen molar-refractivity contribution in [2.45, 2.75) is 26.4 Å². The van der Waals surface area contributed by atoms with E-state index in [4.69, 9.17) is 4.74 Å². The van der Waals surface area contributed by atoms with Crippen LogP contribution in [0.4, 0.5) is 0 Å². The number of aromatic nitrogens is 2. The number of carbonyl (C=O) groups is 1. The van der Waals surface area contributed by atoms with Gasteiger partial charge in [-0.25, -0.2) is 0 Å². The summed E-state index contributed by atoms with van der Waals surface area (Å²) in [6.07, 6.45) is -0.350. The van der Waals surface area contributed by atoms with Gasteiger partial charge in [0.05, 0.1) is 24.8 Å². The van der Waals surface area contributed by atoms with E-state index in [1.807, 2.05) is 20.9 Å². The van der Waals surface area contributed by atoms with Crippen LogP contribution in [0.1, 0.15) is 17.0 Å². The van der Waals surface area contributed by atoms with Gasteiger partial charge in [0.15, 0.2) is 0 Å². The Hall–Kier alpha value is -1.40. The number of methoxy groups -OCH3 is 1. The number of amides is 1. The number of aliphatic hydroxyl groups excluding tert-OH is 1. The van der Waals surface area contributed by atoms with Gasteiger partial charge in [0.2, 0.25) is 5.91 Å². The van der Waals surface area contributed by atoms with E-state index in [0.29, 0.717) is 6.42 Å². The van der Waals surface area contributed by atoms with Gasteiger partial charge in [-0.3, -0.25) is 9.48 Å². The smallest absolute Gasteiger partial charge is 0.226 e. The second-order valence-corrected chi connectivity index (χ2v) is 4.83. The summed E-state index contributed by atoms with van der Waals surface area (Å²) in [5.41, 5.74) is 2.83. The Morgan fingerprint density at radius 3 is 2.63 bits per heavy atom. The largest absolute Gasteiger partial charge is 0.389 e. The zero-order chi connectivity index (χ0) is 14.6. The van der Waals surface area contributed by atoms with Gasteiger partial charge in [0.25, 0.3) is 0 Å². The summed E-state index contributed by atoms with van der Waals surface area (Å²) in [4.78, 5) is 13.6. The molecule has 1 unspecified atom stereocenters. The minimum Gasteiger partial charge on any atom is -0.389 e. The molecule has 1 N–H and O–H groups in total. The highest BCUT2D eigenvalue weighted by Gasteiger charge is 2.18. The van der Waals surface area contributed by atoms with Crippen molar-refractivity contribution in [2.24, 2.45) is 7.05 Å². The van der Waals surface area contributed by atoms with Crippen LogP contribution in [0.2, 0.25) is 0 Å². The lowest BCUT2D eigenvalue weighted by Gasteiger charge is -2.20. The summed E-state index contributed by atoms with van der Waals surface area (Å²) in [6.45, 7) is 4.34. The third-order valence-corrected chi connectivity index (χ3v) is 3.26. The lowest BCUT2D eigenvalue weighted by atomic mass is 10.1. The van der Waals surface area contributed by atoms with Crippen molar-refractivity contribution in [1.29, 1.82) is 0 Å². The van der Waals surface area contributed by atoms with E-state index in [-0.39, 0.29) is 19.1 Å². The Morgan fingerprint density at radius 1 is 1.53 bits per heavy atom. The van der Waals surface area contributed by atoms with Crippen LogP contribution >= 0.6 is 0 Å². The number of carbonyl (C=O) groups excluding carboxylic acids is 1. The fraction of sp³-hybridized carbons (Fsp3) is 0.692. The molecule has 0 aliphatic heterocycles. The maximum atomic E-state index is 12.1. The van der Waals surface area contributed by atoms with Crippen molar-refractivity contribution in [3.63, 3.8) is 0 Å². The number of aryl methyl sites for hydroxylation is 2. The van der Waals surface area contributed by atoms with E-state index in [9.17, 15) is 9.90 Å². The molecular weight excluding hydrogens is 246 g/mol. The quantitative estimate of drug-likeness (QED) is 0.792. The topological polar surface area (TPSA) is 67.6 Å². The van der Waals surface area contributed by atoms with Gasteiger partial charge in [0, 0.05) is 39.0 Å². The predicted molar refractivity (Wildman–Crippen MR) is 71.9 cm³/mol. The van der Waals surface area contributed by atoms with Crippen molar-refractivity contribution in [3.8, 4) is 0 Å². The normalized spacial score (nSPS) is 12.5. The van der Waals surface area contributed by atoms with Crippen LogP contribution in [0.15, 0.2) is 0 Å². The van der Waals surface area contributed by atoms with Crippen LogP contribution in [0.5, 0.6) is 0 Å². The van der Waals surface area contributed by atoms with E-state index in [2.05, 4.69) is 5.10 Å². The van der Waals surface area contributed by atoms with Crippen LogP contribution in [0, 0.1) is 13.8 Å². The Labute approximate surface area is 114 Å². The van der Waals surface area contributed by atoms with E-state index >= 15 is 0 Å². The van der Waals surface area contributed by atoms with Gasteiger partial charge in [-0.05, 0) is 13.8 Å². The molecule has 0 fully saturated rings. The molecule has 0 saturated carbocycles. The zero-order valence-electron chi connectivity index (χ0n) is 12.3. The Morgan fingerprint density at radius 2 is 2.16 bits per heavy atom. The monoisotopic (exact) mass is 269 g/mol. The maximum absolute atomic E-state index is 12.1. The Balaban J connectivity index is 2.64. The molecule has 1 rings (SSSR count). The van der Waals surface area contributed by atoms with Crippen molar-refractivity contribution in [1.82, 2.24) is 14.7 Å². The summed E-state index contributed by atoms with van der Waals surface area (Å²) >= 11 is 0. The van der Waals surface area contributed by atoms with Gasteiger partial charge in [-0.1, -0.05) is 0 Å². The fourth-order valence-electron chi connectivity index (χ4n) is 2.02. The molecule has 0 aromatic carbocycles. The molecule has 108 valence electrons. The molecule has 1 aromatic heterocycles. The van der Waals surface area contributed by atoms with Crippen LogP contribution < -0.4 is 0 Å².